The van der Waals surface area contributed by atoms with Crippen molar-refractivity contribution in [2.45, 2.75) is 43.0 Å². The summed E-state index contributed by atoms with van der Waals surface area (Å²) in [5.74, 6) is 1.46. The van der Waals surface area contributed by atoms with Gasteiger partial charge in [-0.3, -0.25) is 0 Å². The first-order chi connectivity index (χ1) is 14.5. The van der Waals surface area contributed by atoms with E-state index in [-0.39, 0.29) is 6.79 Å². The van der Waals surface area contributed by atoms with Crippen LogP contribution in [0.3, 0.4) is 0 Å². The molecule has 2 aromatic rings. The molecule has 0 fully saturated rings. The predicted octanol–water partition coefficient (Wildman–Crippen LogP) is 4.46. The van der Waals surface area contributed by atoms with Gasteiger partial charge in [0.2, 0.25) is 16.8 Å². The largest absolute Gasteiger partial charge is 0.454 e. The second-order valence-corrected chi connectivity index (χ2v) is 10.0. The Morgan fingerprint density at radius 3 is 2.63 bits per heavy atom. The van der Waals surface area contributed by atoms with E-state index in [4.69, 9.17) is 9.47 Å². The number of hydrogen-bond acceptors (Lipinski definition) is 4. The van der Waals surface area contributed by atoms with E-state index in [0.29, 0.717) is 24.3 Å². The number of aryl methyl sites for hydroxylation is 1. The molecule has 5 nitrogen and oxygen atoms in total. The molecule has 0 spiro atoms. The second-order valence-electron chi connectivity index (χ2n) is 8.18. The second kappa shape index (κ2) is 7.00. The van der Waals surface area contributed by atoms with Crippen molar-refractivity contribution in [3.63, 3.8) is 0 Å². The molecule has 0 saturated heterocycles. The molecule has 0 N–H and O–H groups in total. The average molecular weight is 424 g/mol. The highest BCUT2D eigenvalue weighted by molar-refractivity contribution is 7.89. The van der Waals surface area contributed by atoms with Crippen LogP contribution in [0.25, 0.3) is 5.57 Å². The summed E-state index contributed by atoms with van der Waals surface area (Å²) in [6.45, 7) is 6.56. The highest BCUT2D eigenvalue weighted by Crippen LogP contribution is 2.51. The molecule has 2 aromatic carbocycles. The van der Waals surface area contributed by atoms with Gasteiger partial charge in [0.25, 0.3) is 0 Å². The third kappa shape index (κ3) is 2.81. The Balaban J connectivity index is 1.67. The number of allylic oxidation sites excluding steroid dienone is 1. The number of sulfonamides is 1. The van der Waals surface area contributed by atoms with Crippen molar-refractivity contribution in [3.8, 4) is 11.5 Å². The Hall–Kier alpha value is -2.57. The molecule has 156 valence electrons. The van der Waals surface area contributed by atoms with Gasteiger partial charge >= 0.3 is 0 Å². The SMILES string of the molecule is C=CCC12CCC=C1c1cc3c(cc1CCN2S(=O)(=O)c1ccc(C)cc1)OCO3. The maximum atomic E-state index is 13.8. The van der Waals surface area contributed by atoms with E-state index in [1.807, 2.05) is 37.3 Å². The number of nitrogens with zero attached hydrogens (tertiary/aromatic N) is 1. The summed E-state index contributed by atoms with van der Waals surface area (Å²) in [4.78, 5) is 0.336. The monoisotopic (exact) mass is 423 g/mol. The van der Waals surface area contributed by atoms with E-state index in [1.54, 1.807) is 16.4 Å². The Bertz CT molecular complexity index is 1150. The highest BCUT2D eigenvalue weighted by atomic mass is 32.2. The Morgan fingerprint density at radius 2 is 1.90 bits per heavy atom. The lowest BCUT2D eigenvalue weighted by Gasteiger charge is -2.41. The zero-order valence-electron chi connectivity index (χ0n) is 17.1. The molecule has 0 radical (unpaired) electrons. The van der Waals surface area contributed by atoms with Gasteiger partial charge in [-0.25, -0.2) is 8.42 Å². The van der Waals surface area contributed by atoms with E-state index >= 15 is 0 Å². The van der Waals surface area contributed by atoms with E-state index < -0.39 is 15.6 Å². The molecule has 1 unspecified atom stereocenters. The number of fused-ring (bicyclic) bond motifs is 4. The first-order valence-corrected chi connectivity index (χ1v) is 11.7. The van der Waals surface area contributed by atoms with Gasteiger partial charge in [-0.15, -0.1) is 6.58 Å². The van der Waals surface area contributed by atoms with Crippen LogP contribution in [0.1, 0.15) is 36.0 Å². The van der Waals surface area contributed by atoms with Gasteiger partial charge in [0.1, 0.15) is 0 Å². The Morgan fingerprint density at radius 1 is 1.17 bits per heavy atom. The molecular formula is C24H25NO4S. The fourth-order valence-corrected chi connectivity index (χ4v) is 6.81. The number of hydrogen-bond donors (Lipinski definition) is 0. The van der Waals surface area contributed by atoms with Crippen molar-refractivity contribution in [3.05, 3.63) is 71.8 Å². The molecule has 3 aliphatic rings. The fourth-order valence-electron chi connectivity index (χ4n) is 5.02. The van der Waals surface area contributed by atoms with E-state index in [9.17, 15) is 8.42 Å². The quantitative estimate of drug-likeness (QED) is 0.681. The van der Waals surface area contributed by atoms with Crippen LogP contribution < -0.4 is 9.47 Å². The van der Waals surface area contributed by atoms with Crippen LogP contribution in [0, 0.1) is 6.92 Å². The van der Waals surface area contributed by atoms with E-state index in [0.717, 1.165) is 46.6 Å². The van der Waals surface area contributed by atoms with Crippen LogP contribution >= 0.6 is 0 Å². The number of benzene rings is 2. The third-order valence-electron chi connectivity index (χ3n) is 6.45. The Labute approximate surface area is 177 Å². The minimum atomic E-state index is -3.68. The molecule has 6 heteroatoms. The van der Waals surface area contributed by atoms with E-state index in [1.165, 1.54) is 0 Å². The van der Waals surface area contributed by atoms with Gasteiger partial charge in [-0.05, 0) is 73.6 Å². The lowest BCUT2D eigenvalue weighted by atomic mass is 9.83. The van der Waals surface area contributed by atoms with Crippen molar-refractivity contribution in [1.82, 2.24) is 4.31 Å². The van der Waals surface area contributed by atoms with Crippen LogP contribution in [0.5, 0.6) is 11.5 Å². The molecule has 1 atom stereocenters. The van der Waals surface area contributed by atoms with Crippen molar-refractivity contribution < 1.29 is 17.9 Å². The summed E-state index contributed by atoms with van der Waals surface area (Å²) in [6.07, 6.45) is 6.79. The molecule has 0 aromatic heterocycles. The summed E-state index contributed by atoms with van der Waals surface area (Å²) in [6, 6.07) is 11.2. The zero-order valence-corrected chi connectivity index (χ0v) is 17.9. The summed E-state index contributed by atoms with van der Waals surface area (Å²) in [5.41, 5.74) is 3.63. The van der Waals surface area contributed by atoms with Gasteiger partial charge in [0, 0.05) is 6.54 Å². The first-order valence-electron chi connectivity index (χ1n) is 10.3. The van der Waals surface area contributed by atoms with Crippen LogP contribution in [0.4, 0.5) is 0 Å². The van der Waals surface area contributed by atoms with Crippen LogP contribution in [0.15, 0.2) is 60.0 Å². The lowest BCUT2D eigenvalue weighted by Crippen LogP contribution is -2.50. The molecular weight excluding hydrogens is 398 g/mol. The van der Waals surface area contributed by atoms with Gasteiger partial charge in [0.15, 0.2) is 11.5 Å². The van der Waals surface area contributed by atoms with Crippen molar-refractivity contribution >= 4 is 15.6 Å². The van der Waals surface area contributed by atoms with Crippen LogP contribution in [-0.2, 0) is 16.4 Å². The van der Waals surface area contributed by atoms with Crippen molar-refractivity contribution in [2.24, 2.45) is 0 Å². The first kappa shape index (κ1) is 19.4. The molecule has 0 bridgehead atoms. The van der Waals surface area contributed by atoms with Gasteiger partial charge in [0.05, 0.1) is 10.4 Å². The zero-order chi connectivity index (χ0) is 20.9. The summed E-state index contributed by atoms with van der Waals surface area (Å²) >= 11 is 0. The summed E-state index contributed by atoms with van der Waals surface area (Å²) < 4.78 is 40.6. The fraction of sp³-hybridized carbons (Fsp3) is 0.333. The van der Waals surface area contributed by atoms with Gasteiger partial charge < -0.3 is 9.47 Å². The molecule has 1 aliphatic carbocycles. The molecule has 0 saturated carbocycles. The van der Waals surface area contributed by atoms with Gasteiger partial charge in [-0.2, -0.15) is 4.31 Å². The molecule has 2 heterocycles. The molecule has 2 aliphatic heterocycles. The molecule has 0 amide bonds. The van der Waals surface area contributed by atoms with E-state index in [2.05, 4.69) is 12.7 Å². The van der Waals surface area contributed by atoms with Crippen LogP contribution in [0.2, 0.25) is 0 Å². The lowest BCUT2D eigenvalue weighted by molar-refractivity contribution is 0.174. The topological polar surface area (TPSA) is 55.8 Å². The third-order valence-corrected chi connectivity index (χ3v) is 8.43. The normalized spacial score (nSPS) is 22.8. The standard InChI is InChI=1S/C24H25NO4S/c1-3-11-24-12-4-5-21(24)20-15-23-22(28-16-29-23)14-18(20)10-13-25(24)30(26,27)19-8-6-17(2)7-9-19/h3,5-9,14-15H,1,4,10-13,16H2,2H3. The maximum Gasteiger partial charge on any atom is 0.243 e. The molecule has 30 heavy (non-hydrogen) atoms. The van der Waals surface area contributed by atoms with Crippen molar-refractivity contribution in [1.29, 1.82) is 0 Å². The van der Waals surface area contributed by atoms with Crippen molar-refractivity contribution in [2.75, 3.05) is 13.3 Å². The summed E-state index contributed by atoms with van der Waals surface area (Å²) in [7, 11) is -3.68. The van der Waals surface area contributed by atoms with Gasteiger partial charge in [-0.1, -0.05) is 29.8 Å². The Kier molecular flexibility index (Phi) is 4.52. The van der Waals surface area contributed by atoms with Crippen LogP contribution in [-0.4, -0.2) is 31.6 Å². The average Bonchev–Trinajstić information content (AvgIpc) is 3.32. The minimum absolute atomic E-state index is 0.225. The summed E-state index contributed by atoms with van der Waals surface area (Å²) in [5, 5.41) is 0. The predicted molar refractivity (Wildman–Crippen MR) is 116 cm³/mol. The highest BCUT2D eigenvalue weighted by Gasteiger charge is 2.49. The number of rotatable bonds is 4. The molecule has 5 rings (SSSR count). The maximum absolute atomic E-state index is 13.8. The number of ether oxygens (including phenoxy) is 2. The minimum Gasteiger partial charge on any atom is -0.454 e. The smallest absolute Gasteiger partial charge is 0.243 e.